The molecule has 186 valence electrons. The molecule has 4 aromatic rings. The van der Waals surface area contributed by atoms with Crippen LogP contribution in [0.1, 0.15) is 28.8 Å². The number of amides is 1. The van der Waals surface area contributed by atoms with Crippen LogP contribution in [0.15, 0.2) is 71.8 Å². The van der Waals surface area contributed by atoms with Gasteiger partial charge in [-0.25, -0.2) is 13.8 Å². The molecule has 37 heavy (non-hydrogen) atoms. The summed E-state index contributed by atoms with van der Waals surface area (Å²) >= 11 is 0. The normalized spacial score (nSPS) is 13.8. The fourth-order valence-corrected chi connectivity index (χ4v) is 4.32. The average Bonchev–Trinajstić information content (AvgIpc) is 2.91. The molecule has 0 radical (unpaired) electrons. The van der Waals surface area contributed by atoms with Crippen LogP contribution in [0, 0.1) is 23.0 Å². The molecule has 1 fully saturated rings. The number of nitrogens with zero attached hydrogens (tertiary/aromatic N) is 4. The summed E-state index contributed by atoms with van der Waals surface area (Å²) in [6.07, 6.45) is 3.61. The van der Waals surface area contributed by atoms with Crippen LogP contribution >= 0.6 is 0 Å². The summed E-state index contributed by atoms with van der Waals surface area (Å²) in [5, 5.41) is 12.1. The summed E-state index contributed by atoms with van der Waals surface area (Å²) in [7, 11) is 0. The topological polar surface area (TPSA) is 99.7 Å². The zero-order chi connectivity index (χ0) is 25.9. The number of halogens is 2. The average molecular weight is 501 g/mol. The van der Waals surface area contributed by atoms with E-state index in [0.29, 0.717) is 48.5 Å². The molecule has 0 aliphatic carbocycles. The molecule has 2 aromatic heterocycles. The molecule has 1 aliphatic rings. The number of ether oxygens (including phenoxy) is 1. The highest BCUT2D eigenvalue weighted by Gasteiger charge is 2.24. The van der Waals surface area contributed by atoms with Gasteiger partial charge in [-0.1, -0.05) is 6.07 Å². The van der Waals surface area contributed by atoms with E-state index in [-0.39, 0.29) is 17.4 Å². The van der Waals surface area contributed by atoms with Crippen molar-refractivity contribution in [1.29, 1.82) is 5.26 Å². The fraction of sp³-hybridized carbons (Fsp3) is 0.185. The van der Waals surface area contributed by atoms with Crippen molar-refractivity contribution in [3.8, 4) is 11.8 Å². The summed E-state index contributed by atoms with van der Waals surface area (Å²) in [6, 6.07) is 15.3. The number of nitrogens with one attached hydrogen (secondary N) is 1. The van der Waals surface area contributed by atoms with Gasteiger partial charge in [0.05, 0.1) is 23.0 Å². The molecule has 10 heteroatoms. The van der Waals surface area contributed by atoms with Crippen LogP contribution in [0.4, 0.5) is 20.2 Å². The number of fused-ring (bicyclic) bond motifs is 1. The smallest absolute Gasteiger partial charge is 0.270 e. The number of pyridine rings is 1. The molecule has 8 nitrogen and oxygen atoms in total. The van der Waals surface area contributed by atoms with Gasteiger partial charge in [-0.3, -0.25) is 14.0 Å². The molecular weight excluding hydrogens is 480 g/mol. The number of aromatic nitrogens is 2. The number of hydrogen-bond acceptors (Lipinski definition) is 6. The van der Waals surface area contributed by atoms with Crippen molar-refractivity contribution in [3.63, 3.8) is 0 Å². The van der Waals surface area contributed by atoms with Crippen LogP contribution in [-0.4, -0.2) is 34.5 Å². The summed E-state index contributed by atoms with van der Waals surface area (Å²) in [4.78, 5) is 32.1. The van der Waals surface area contributed by atoms with E-state index in [1.165, 1.54) is 22.9 Å². The van der Waals surface area contributed by atoms with E-state index in [1.54, 1.807) is 36.4 Å². The molecule has 0 bridgehead atoms. The second-order valence-electron chi connectivity index (χ2n) is 8.58. The molecule has 0 spiro atoms. The molecule has 0 unspecified atom stereocenters. The summed E-state index contributed by atoms with van der Waals surface area (Å²) in [5.74, 6) is -2.06. The van der Waals surface area contributed by atoms with Crippen molar-refractivity contribution in [2.75, 3.05) is 23.3 Å². The Hall–Kier alpha value is -4.78. The van der Waals surface area contributed by atoms with Crippen molar-refractivity contribution in [2.24, 2.45) is 0 Å². The largest absolute Gasteiger partial charge is 0.487 e. The zero-order valence-corrected chi connectivity index (χ0v) is 19.5. The van der Waals surface area contributed by atoms with Gasteiger partial charge in [-0.2, -0.15) is 5.26 Å². The van der Waals surface area contributed by atoms with Gasteiger partial charge < -0.3 is 15.0 Å². The number of carbonyl (C=O) groups excluding carboxylic acids is 1. The first-order valence-corrected chi connectivity index (χ1v) is 11.6. The third-order valence-electron chi connectivity index (χ3n) is 6.20. The maximum atomic E-state index is 14.0. The van der Waals surface area contributed by atoms with E-state index in [2.05, 4.69) is 16.4 Å². The van der Waals surface area contributed by atoms with Crippen molar-refractivity contribution < 1.29 is 18.3 Å². The predicted octanol–water partition coefficient (Wildman–Crippen LogP) is 4.14. The van der Waals surface area contributed by atoms with Gasteiger partial charge in [0.15, 0.2) is 11.6 Å². The number of rotatable bonds is 5. The molecule has 5 rings (SSSR count). The van der Waals surface area contributed by atoms with Crippen LogP contribution in [0.25, 0.3) is 5.65 Å². The summed E-state index contributed by atoms with van der Waals surface area (Å²) < 4.78 is 34.2. The Balaban J connectivity index is 1.34. The SMILES string of the molecule is N#Cc1ccc(N2CCC(Oc3ccc(F)cc3F)CC2)c(NC(=O)c2cnc3ccccn3c2=O)c1. The van der Waals surface area contributed by atoms with E-state index in [1.807, 2.05) is 4.90 Å². The molecule has 3 heterocycles. The molecule has 0 atom stereocenters. The van der Waals surface area contributed by atoms with Crippen molar-refractivity contribution in [2.45, 2.75) is 18.9 Å². The lowest BCUT2D eigenvalue weighted by Gasteiger charge is -2.34. The third-order valence-corrected chi connectivity index (χ3v) is 6.20. The van der Waals surface area contributed by atoms with E-state index >= 15 is 0 Å². The minimum absolute atomic E-state index is 0.00135. The second kappa shape index (κ2) is 10.1. The van der Waals surface area contributed by atoms with E-state index in [0.717, 1.165) is 12.1 Å². The Morgan fingerprint density at radius 1 is 1.11 bits per heavy atom. The summed E-state index contributed by atoms with van der Waals surface area (Å²) in [6.45, 7) is 1.06. The lowest BCUT2D eigenvalue weighted by Crippen LogP contribution is -2.39. The van der Waals surface area contributed by atoms with Gasteiger partial charge in [0.25, 0.3) is 11.5 Å². The van der Waals surface area contributed by atoms with Crippen molar-refractivity contribution in [1.82, 2.24) is 9.38 Å². The van der Waals surface area contributed by atoms with Crippen LogP contribution in [0.3, 0.4) is 0 Å². The minimum atomic E-state index is -0.751. The number of carbonyl (C=O) groups is 1. The maximum absolute atomic E-state index is 14.0. The molecular formula is C27H21F2N5O3. The fourth-order valence-electron chi connectivity index (χ4n) is 4.32. The second-order valence-corrected chi connectivity index (χ2v) is 8.58. The van der Waals surface area contributed by atoms with E-state index in [4.69, 9.17) is 4.74 Å². The Morgan fingerprint density at radius 2 is 1.92 bits per heavy atom. The van der Waals surface area contributed by atoms with Gasteiger partial charge >= 0.3 is 0 Å². The lowest BCUT2D eigenvalue weighted by atomic mass is 10.1. The van der Waals surface area contributed by atoms with Gasteiger partial charge in [0.2, 0.25) is 0 Å². The number of nitriles is 1. The molecule has 1 aliphatic heterocycles. The van der Waals surface area contributed by atoms with Gasteiger partial charge in [0.1, 0.15) is 23.1 Å². The van der Waals surface area contributed by atoms with Crippen molar-refractivity contribution >= 4 is 22.9 Å². The molecule has 1 N–H and O–H groups in total. The molecule has 2 aromatic carbocycles. The van der Waals surface area contributed by atoms with Crippen LogP contribution in [0.5, 0.6) is 5.75 Å². The molecule has 1 saturated heterocycles. The first-order chi connectivity index (χ1) is 17.9. The summed E-state index contributed by atoms with van der Waals surface area (Å²) in [5.41, 5.74) is 1.18. The highest BCUT2D eigenvalue weighted by molar-refractivity contribution is 6.05. The molecule has 1 amide bonds. The lowest BCUT2D eigenvalue weighted by molar-refractivity contribution is 0.102. The predicted molar refractivity (Wildman–Crippen MR) is 133 cm³/mol. The van der Waals surface area contributed by atoms with Crippen LogP contribution < -0.4 is 20.5 Å². The Morgan fingerprint density at radius 3 is 2.68 bits per heavy atom. The van der Waals surface area contributed by atoms with Crippen LogP contribution in [-0.2, 0) is 0 Å². The highest BCUT2D eigenvalue weighted by Crippen LogP contribution is 2.31. The Labute approximate surface area is 210 Å². The van der Waals surface area contributed by atoms with Crippen LogP contribution in [0.2, 0.25) is 0 Å². The van der Waals surface area contributed by atoms with E-state index in [9.17, 15) is 23.6 Å². The quantitative estimate of drug-likeness (QED) is 0.441. The van der Waals surface area contributed by atoms with Gasteiger partial charge in [-0.15, -0.1) is 0 Å². The Kier molecular flexibility index (Phi) is 6.51. The number of hydrogen-bond donors (Lipinski definition) is 1. The zero-order valence-electron chi connectivity index (χ0n) is 19.5. The Bertz CT molecular complexity index is 1590. The van der Waals surface area contributed by atoms with Gasteiger partial charge in [0, 0.05) is 44.4 Å². The maximum Gasteiger partial charge on any atom is 0.270 e. The molecule has 0 saturated carbocycles. The van der Waals surface area contributed by atoms with Crippen molar-refractivity contribution in [3.05, 3.63) is 100 Å². The first kappa shape index (κ1) is 23.9. The number of piperidine rings is 1. The standard InChI is InChI=1S/C27H21F2N5O3/c28-18-5-7-24(21(29)14-18)37-19-8-11-33(12-9-19)23-6-4-17(15-30)13-22(23)32-26(35)20-16-31-25-3-1-2-10-34(25)27(20)36/h1-7,10,13-14,16,19H,8-9,11-12H2,(H,32,35). The van der Waals surface area contributed by atoms with E-state index < -0.39 is 23.1 Å². The highest BCUT2D eigenvalue weighted by atomic mass is 19.1. The number of anilines is 2. The minimum Gasteiger partial charge on any atom is -0.487 e. The number of benzene rings is 2. The van der Waals surface area contributed by atoms with Gasteiger partial charge in [-0.05, 0) is 42.5 Å². The first-order valence-electron chi connectivity index (χ1n) is 11.6. The third kappa shape index (κ3) is 4.97. The monoisotopic (exact) mass is 501 g/mol.